The van der Waals surface area contributed by atoms with E-state index in [0.29, 0.717) is 5.02 Å². The zero-order valence-electron chi connectivity index (χ0n) is 14.1. The van der Waals surface area contributed by atoms with E-state index in [1.54, 1.807) is 0 Å². The van der Waals surface area contributed by atoms with Crippen LogP contribution >= 0.6 is 23.2 Å². The van der Waals surface area contributed by atoms with Crippen molar-refractivity contribution in [1.29, 1.82) is 0 Å². The van der Waals surface area contributed by atoms with Crippen LogP contribution in [0, 0.1) is 0 Å². The average molecular weight is 378 g/mol. The molecule has 0 saturated heterocycles. The number of halogens is 2. The summed E-state index contributed by atoms with van der Waals surface area (Å²) in [5.74, 6) is 0. The number of benzene rings is 3. The molecule has 4 aromatic rings. The van der Waals surface area contributed by atoms with E-state index in [0.717, 1.165) is 28.9 Å². The molecular formula is C23H17Cl2N. The molecule has 4 rings (SSSR count). The maximum atomic E-state index is 6.27. The molecule has 0 radical (unpaired) electrons. The Bertz CT molecular complexity index is 1050. The second kappa shape index (κ2) is 7.49. The summed E-state index contributed by atoms with van der Waals surface area (Å²) < 4.78 is 0. The number of aromatic nitrogens is 1. The molecule has 0 N–H and O–H groups in total. The van der Waals surface area contributed by atoms with Crippen molar-refractivity contribution in [2.45, 2.75) is 12.8 Å². The van der Waals surface area contributed by atoms with Crippen LogP contribution in [0.15, 0.2) is 79.0 Å². The molecule has 3 heteroatoms. The molecule has 1 aromatic heterocycles. The zero-order valence-corrected chi connectivity index (χ0v) is 15.6. The Balaban J connectivity index is 1.55. The van der Waals surface area contributed by atoms with Crippen LogP contribution in [0.1, 0.15) is 22.3 Å². The Morgan fingerprint density at radius 1 is 0.692 bits per heavy atom. The molecule has 3 aromatic carbocycles. The fourth-order valence-corrected chi connectivity index (χ4v) is 3.58. The molecule has 1 heterocycles. The van der Waals surface area contributed by atoms with Crippen molar-refractivity contribution in [3.05, 3.63) is 111 Å². The van der Waals surface area contributed by atoms with Gasteiger partial charge < -0.3 is 0 Å². The van der Waals surface area contributed by atoms with Crippen molar-refractivity contribution < 1.29 is 0 Å². The summed E-state index contributed by atoms with van der Waals surface area (Å²) >= 11 is 12.4. The summed E-state index contributed by atoms with van der Waals surface area (Å²) in [5, 5.41) is 2.64. The molecule has 0 saturated carbocycles. The standard InChI is InChI=1S/C23H17Cl2N/c24-21-10-11-22(25)20(15-21)14-17-8-6-16(7-9-17)13-19-4-1-3-18-5-2-12-26-23(18)19/h1-12,15H,13-14H2. The van der Waals surface area contributed by atoms with Gasteiger partial charge in [-0.05, 0) is 59.4 Å². The number of para-hydroxylation sites is 1. The van der Waals surface area contributed by atoms with E-state index in [1.165, 1.54) is 22.1 Å². The second-order valence-electron chi connectivity index (χ2n) is 6.40. The number of pyridine rings is 1. The summed E-state index contributed by atoms with van der Waals surface area (Å²) in [7, 11) is 0. The molecule has 0 aliphatic heterocycles. The van der Waals surface area contributed by atoms with Gasteiger partial charge in [0.2, 0.25) is 0 Å². The van der Waals surface area contributed by atoms with Gasteiger partial charge in [-0.15, -0.1) is 0 Å². The van der Waals surface area contributed by atoms with Crippen molar-refractivity contribution in [3.8, 4) is 0 Å². The van der Waals surface area contributed by atoms with Gasteiger partial charge in [-0.25, -0.2) is 0 Å². The van der Waals surface area contributed by atoms with Gasteiger partial charge in [0.1, 0.15) is 0 Å². The third-order valence-electron chi connectivity index (χ3n) is 4.54. The molecule has 0 aliphatic rings. The van der Waals surface area contributed by atoms with Crippen LogP contribution < -0.4 is 0 Å². The summed E-state index contributed by atoms with van der Waals surface area (Å²) in [6.07, 6.45) is 3.49. The van der Waals surface area contributed by atoms with Crippen LogP contribution in [0.5, 0.6) is 0 Å². The Morgan fingerprint density at radius 3 is 2.15 bits per heavy atom. The molecule has 0 fully saturated rings. The van der Waals surface area contributed by atoms with E-state index in [9.17, 15) is 0 Å². The molecular weight excluding hydrogens is 361 g/mol. The monoisotopic (exact) mass is 377 g/mol. The van der Waals surface area contributed by atoms with Crippen LogP contribution in [-0.2, 0) is 12.8 Å². The molecule has 0 amide bonds. The van der Waals surface area contributed by atoms with Gasteiger partial charge in [-0.3, -0.25) is 4.98 Å². The lowest BCUT2D eigenvalue weighted by Gasteiger charge is -2.08. The predicted molar refractivity (Wildman–Crippen MR) is 110 cm³/mol. The summed E-state index contributed by atoms with van der Waals surface area (Å²) in [4.78, 5) is 4.54. The fraction of sp³-hybridized carbons (Fsp3) is 0.0870. The van der Waals surface area contributed by atoms with Gasteiger partial charge in [-0.2, -0.15) is 0 Å². The lowest BCUT2D eigenvalue weighted by Crippen LogP contribution is -1.94. The van der Waals surface area contributed by atoms with Crippen LogP contribution in [0.2, 0.25) is 10.0 Å². The second-order valence-corrected chi connectivity index (χ2v) is 7.24. The van der Waals surface area contributed by atoms with Crippen molar-refractivity contribution in [2.75, 3.05) is 0 Å². The van der Waals surface area contributed by atoms with Gasteiger partial charge >= 0.3 is 0 Å². The summed E-state index contributed by atoms with van der Waals surface area (Å²) in [6.45, 7) is 0. The normalized spacial score (nSPS) is 11.0. The first kappa shape index (κ1) is 17.1. The van der Waals surface area contributed by atoms with Gasteiger partial charge in [0, 0.05) is 21.6 Å². The Labute approximate surface area is 163 Å². The molecule has 1 nitrogen and oxygen atoms in total. The Kier molecular flexibility index (Phi) is 4.92. The van der Waals surface area contributed by atoms with E-state index in [4.69, 9.17) is 23.2 Å². The molecule has 0 spiro atoms. The molecule has 0 atom stereocenters. The molecule has 26 heavy (non-hydrogen) atoms. The highest BCUT2D eigenvalue weighted by Crippen LogP contribution is 2.24. The zero-order chi connectivity index (χ0) is 17.9. The lowest BCUT2D eigenvalue weighted by molar-refractivity contribution is 1.15. The highest BCUT2D eigenvalue weighted by atomic mass is 35.5. The first-order valence-corrected chi connectivity index (χ1v) is 9.29. The van der Waals surface area contributed by atoms with Gasteiger partial charge in [0.15, 0.2) is 0 Å². The van der Waals surface area contributed by atoms with Crippen LogP contribution in [0.4, 0.5) is 0 Å². The van der Waals surface area contributed by atoms with Crippen LogP contribution in [0.25, 0.3) is 10.9 Å². The van der Waals surface area contributed by atoms with Crippen molar-refractivity contribution in [3.63, 3.8) is 0 Å². The van der Waals surface area contributed by atoms with E-state index < -0.39 is 0 Å². The van der Waals surface area contributed by atoms with E-state index in [-0.39, 0.29) is 0 Å². The largest absolute Gasteiger partial charge is 0.256 e. The maximum absolute atomic E-state index is 6.27. The predicted octanol–water partition coefficient (Wildman–Crippen LogP) is 6.72. The Morgan fingerprint density at radius 2 is 1.38 bits per heavy atom. The summed E-state index contributed by atoms with van der Waals surface area (Å²) in [6, 6.07) is 24.7. The maximum Gasteiger partial charge on any atom is 0.0737 e. The highest BCUT2D eigenvalue weighted by Gasteiger charge is 2.06. The first-order valence-electron chi connectivity index (χ1n) is 8.53. The van der Waals surface area contributed by atoms with Gasteiger partial charge in [0.05, 0.1) is 5.52 Å². The topological polar surface area (TPSA) is 12.9 Å². The smallest absolute Gasteiger partial charge is 0.0737 e. The van der Waals surface area contributed by atoms with Gasteiger partial charge in [0.25, 0.3) is 0 Å². The molecule has 0 bridgehead atoms. The number of rotatable bonds is 4. The Hall–Kier alpha value is -2.35. The van der Waals surface area contributed by atoms with Crippen molar-refractivity contribution in [2.24, 2.45) is 0 Å². The van der Waals surface area contributed by atoms with Gasteiger partial charge in [-0.1, -0.05) is 71.7 Å². The quantitative estimate of drug-likeness (QED) is 0.384. The van der Waals surface area contributed by atoms with E-state index in [1.807, 2.05) is 30.5 Å². The SMILES string of the molecule is Clc1ccc(Cl)c(Cc2ccc(Cc3cccc4cccnc34)cc2)c1. The van der Waals surface area contributed by atoms with Crippen molar-refractivity contribution in [1.82, 2.24) is 4.98 Å². The highest BCUT2D eigenvalue weighted by molar-refractivity contribution is 6.33. The minimum atomic E-state index is 0.712. The number of hydrogen-bond donors (Lipinski definition) is 0. The third-order valence-corrected chi connectivity index (χ3v) is 5.14. The van der Waals surface area contributed by atoms with Crippen LogP contribution in [-0.4, -0.2) is 4.98 Å². The number of hydrogen-bond acceptors (Lipinski definition) is 1. The van der Waals surface area contributed by atoms with E-state index >= 15 is 0 Å². The fourth-order valence-electron chi connectivity index (χ4n) is 3.20. The molecule has 128 valence electrons. The number of fused-ring (bicyclic) bond motifs is 1. The lowest BCUT2D eigenvalue weighted by atomic mass is 9.99. The third kappa shape index (κ3) is 3.75. The molecule has 0 unspecified atom stereocenters. The average Bonchev–Trinajstić information content (AvgIpc) is 2.67. The van der Waals surface area contributed by atoms with E-state index in [2.05, 4.69) is 53.5 Å². The van der Waals surface area contributed by atoms with Crippen LogP contribution in [0.3, 0.4) is 0 Å². The summed E-state index contributed by atoms with van der Waals surface area (Å²) in [5.41, 5.74) is 5.85. The van der Waals surface area contributed by atoms with Crippen molar-refractivity contribution >= 4 is 34.1 Å². The minimum Gasteiger partial charge on any atom is -0.256 e. The molecule has 0 aliphatic carbocycles. The minimum absolute atomic E-state index is 0.712. The number of nitrogens with zero attached hydrogens (tertiary/aromatic N) is 1. The first-order chi connectivity index (χ1) is 12.7.